The number of carbonyl (C=O) groups excluding carboxylic acids is 2. The summed E-state index contributed by atoms with van der Waals surface area (Å²) < 4.78 is 27.3. The van der Waals surface area contributed by atoms with Crippen molar-refractivity contribution >= 4 is 17.5 Å². The Bertz CT molecular complexity index is 805. The molecule has 3 rings (SSSR count). The summed E-state index contributed by atoms with van der Waals surface area (Å²) in [5.41, 5.74) is 0.198. The number of amides is 2. The molecule has 0 unspecified atom stereocenters. The van der Waals surface area contributed by atoms with Crippen LogP contribution >= 0.6 is 0 Å². The first-order valence-electron chi connectivity index (χ1n) is 8.35. The summed E-state index contributed by atoms with van der Waals surface area (Å²) in [6.45, 7) is 1.89. The van der Waals surface area contributed by atoms with Crippen LogP contribution in [0, 0.1) is 11.6 Å². The monoisotopic (exact) mass is 359 g/mol. The van der Waals surface area contributed by atoms with Crippen molar-refractivity contribution in [3.8, 4) is 0 Å². The van der Waals surface area contributed by atoms with Gasteiger partial charge < -0.3 is 10.2 Å². The van der Waals surface area contributed by atoms with Crippen molar-refractivity contribution in [2.45, 2.75) is 0 Å². The number of hydrogen-bond donors (Lipinski definition) is 1. The molecule has 1 N–H and O–H groups in total. The summed E-state index contributed by atoms with van der Waals surface area (Å²) in [5.74, 6) is -1.69. The molecule has 1 heterocycles. The second-order valence-electron chi connectivity index (χ2n) is 6.08. The number of piperazine rings is 1. The van der Waals surface area contributed by atoms with Crippen LogP contribution in [0.3, 0.4) is 0 Å². The van der Waals surface area contributed by atoms with Crippen molar-refractivity contribution < 1.29 is 18.4 Å². The Morgan fingerprint density at radius 3 is 2.15 bits per heavy atom. The largest absolute Gasteiger partial charge is 0.336 e. The summed E-state index contributed by atoms with van der Waals surface area (Å²) in [5, 5.41) is 2.54. The van der Waals surface area contributed by atoms with Gasteiger partial charge in [-0.25, -0.2) is 8.78 Å². The van der Waals surface area contributed by atoms with Gasteiger partial charge in [-0.15, -0.1) is 0 Å². The Hall–Kier alpha value is -2.80. The molecule has 1 aliphatic rings. The smallest absolute Gasteiger partial charge is 0.256 e. The zero-order valence-electron chi connectivity index (χ0n) is 14.1. The standard InChI is InChI=1S/C19H19F2N3O2/c20-15-6-2-1-5-14(15)19(26)24-11-9-23(10-12-24)13-18(25)22-17-8-4-3-7-16(17)21/h1-8H,9-13H2,(H,22,25). The van der Waals surface area contributed by atoms with Gasteiger partial charge in [-0.2, -0.15) is 0 Å². The van der Waals surface area contributed by atoms with E-state index >= 15 is 0 Å². The number of hydrogen-bond acceptors (Lipinski definition) is 3. The first-order valence-corrected chi connectivity index (χ1v) is 8.35. The van der Waals surface area contributed by atoms with Crippen molar-refractivity contribution in [3.63, 3.8) is 0 Å². The summed E-state index contributed by atoms with van der Waals surface area (Å²) >= 11 is 0. The highest BCUT2D eigenvalue weighted by Gasteiger charge is 2.24. The molecule has 1 saturated heterocycles. The van der Waals surface area contributed by atoms with Crippen LogP contribution in [0.2, 0.25) is 0 Å². The molecule has 136 valence electrons. The molecule has 5 nitrogen and oxygen atoms in total. The molecular formula is C19H19F2N3O2. The quantitative estimate of drug-likeness (QED) is 0.912. The first-order chi connectivity index (χ1) is 12.5. The van der Waals surface area contributed by atoms with Crippen molar-refractivity contribution in [2.75, 3.05) is 38.0 Å². The molecule has 2 aromatic rings. The molecule has 0 bridgehead atoms. The zero-order chi connectivity index (χ0) is 18.5. The summed E-state index contributed by atoms with van der Waals surface area (Å²) in [6, 6.07) is 11.9. The molecule has 1 fully saturated rings. The zero-order valence-corrected chi connectivity index (χ0v) is 14.1. The van der Waals surface area contributed by atoms with Gasteiger partial charge in [0.15, 0.2) is 0 Å². The lowest BCUT2D eigenvalue weighted by Crippen LogP contribution is -2.50. The molecule has 2 amide bonds. The highest BCUT2D eigenvalue weighted by atomic mass is 19.1. The number of nitrogens with zero attached hydrogens (tertiary/aromatic N) is 2. The topological polar surface area (TPSA) is 52.7 Å². The number of anilines is 1. The number of rotatable bonds is 4. The number of halogens is 2. The summed E-state index contributed by atoms with van der Waals surface area (Å²) in [4.78, 5) is 27.9. The Morgan fingerprint density at radius 1 is 0.885 bits per heavy atom. The van der Waals surface area contributed by atoms with Crippen molar-refractivity contribution in [1.82, 2.24) is 9.80 Å². The first kappa shape index (κ1) is 18.0. The molecule has 0 aromatic heterocycles. The predicted octanol–water partition coefficient (Wildman–Crippen LogP) is 2.36. The van der Waals surface area contributed by atoms with Gasteiger partial charge in [0.2, 0.25) is 5.91 Å². The Morgan fingerprint density at radius 2 is 1.50 bits per heavy atom. The van der Waals surface area contributed by atoms with Crippen LogP contribution in [-0.2, 0) is 4.79 Å². The minimum absolute atomic E-state index is 0.0539. The third-order valence-electron chi connectivity index (χ3n) is 4.28. The van der Waals surface area contributed by atoms with Crippen LogP contribution in [0.1, 0.15) is 10.4 Å². The molecular weight excluding hydrogens is 340 g/mol. The Kier molecular flexibility index (Phi) is 5.58. The Labute approximate surface area is 150 Å². The van der Waals surface area contributed by atoms with Crippen LogP contribution < -0.4 is 5.32 Å². The van der Waals surface area contributed by atoms with Crippen LogP contribution in [0.15, 0.2) is 48.5 Å². The van der Waals surface area contributed by atoms with Gasteiger partial charge in [0, 0.05) is 26.2 Å². The van der Waals surface area contributed by atoms with E-state index in [4.69, 9.17) is 0 Å². The third-order valence-corrected chi connectivity index (χ3v) is 4.28. The average Bonchev–Trinajstić information content (AvgIpc) is 2.64. The van der Waals surface area contributed by atoms with Gasteiger partial charge in [0.05, 0.1) is 17.8 Å². The van der Waals surface area contributed by atoms with Gasteiger partial charge in [-0.3, -0.25) is 14.5 Å². The second kappa shape index (κ2) is 8.05. The highest BCUT2D eigenvalue weighted by Crippen LogP contribution is 2.14. The lowest BCUT2D eigenvalue weighted by Gasteiger charge is -2.34. The molecule has 0 saturated carbocycles. The number of carbonyl (C=O) groups is 2. The lowest BCUT2D eigenvalue weighted by atomic mass is 10.1. The Balaban J connectivity index is 1.51. The molecule has 1 aliphatic heterocycles. The van der Waals surface area contributed by atoms with Crippen molar-refractivity contribution in [2.24, 2.45) is 0 Å². The van der Waals surface area contributed by atoms with E-state index in [2.05, 4.69) is 5.32 Å². The van der Waals surface area contributed by atoms with E-state index < -0.39 is 11.6 Å². The SMILES string of the molecule is O=C(CN1CCN(C(=O)c2ccccc2F)CC1)Nc1ccccc1F. The lowest BCUT2D eigenvalue weighted by molar-refractivity contribution is -0.117. The minimum Gasteiger partial charge on any atom is -0.336 e. The molecule has 0 aliphatic carbocycles. The third kappa shape index (κ3) is 4.23. The molecule has 0 radical (unpaired) electrons. The van der Waals surface area contributed by atoms with E-state index in [9.17, 15) is 18.4 Å². The fourth-order valence-electron chi connectivity index (χ4n) is 2.87. The van der Waals surface area contributed by atoms with E-state index in [1.807, 2.05) is 4.90 Å². The highest BCUT2D eigenvalue weighted by molar-refractivity contribution is 5.94. The number of nitrogens with one attached hydrogen (secondary N) is 1. The fraction of sp³-hybridized carbons (Fsp3) is 0.263. The number of para-hydroxylation sites is 1. The maximum atomic E-state index is 13.7. The van der Waals surface area contributed by atoms with E-state index in [-0.39, 0.29) is 29.6 Å². The van der Waals surface area contributed by atoms with Gasteiger partial charge in [0.25, 0.3) is 5.91 Å². The van der Waals surface area contributed by atoms with Crippen LogP contribution in [0.5, 0.6) is 0 Å². The molecule has 26 heavy (non-hydrogen) atoms. The van der Waals surface area contributed by atoms with E-state index in [0.717, 1.165) is 0 Å². The minimum atomic E-state index is -0.538. The second-order valence-corrected chi connectivity index (χ2v) is 6.08. The van der Waals surface area contributed by atoms with E-state index in [1.165, 1.54) is 30.3 Å². The fourth-order valence-corrected chi connectivity index (χ4v) is 2.87. The van der Waals surface area contributed by atoms with E-state index in [0.29, 0.717) is 26.2 Å². The van der Waals surface area contributed by atoms with Crippen LogP contribution in [0.25, 0.3) is 0 Å². The van der Waals surface area contributed by atoms with Crippen molar-refractivity contribution in [3.05, 3.63) is 65.7 Å². The number of benzene rings is 2. The average molecular weight is 359 g/mol. The van der Waals surface area contributed by atoms with Gasteiger partial charge in [-0.05, 0) is 24.3 Å². The van der Waals surface area contributed by atoms with E-state index in [1.54, 1.807) is 23.1 Å². The van der Waals surface area contributed by atoms with Gasteiger partial charge in [-0.1, -0.05) is 24.3 Å². The summed E-state index contributed by atoms with van der Waals surface area (Å²) in [6.07, 6.45) is 0. The van der Waals surface area contributed by atoms with Crippen LogP contribution in [0.4, 0.5) is 14.5 Å². The van der Waals surface area contributed by atoms with Crippen LogP contribution in [-0.4, -0.2) is 54.3 Å². The van der Waals surface area contributed by atoms with Gasteiger partial charge >= 0.3 is 0 Å². The molecule has 7 heteroatoms. The molecule has 0 spiro atoms. The summed E-state index contributed by atoms with van der Waals surface area (Å²) in [7, 11) is 0. The van der Waals surface area contributed by atoms with Crippen molar-refractivity contribution in [1.29, 1.82) is 0 Å². The maximum absolute atomic E-state index is 13.7. The van der Waals surface area contributed by atoms with Gasteiger partial charge in [0.1, 0.15) is 11.6 Å². The predicted molar refractivity (Wildman–Crippen MR) is 93.8 cm³/mol. The maximum Gasteiger partial charge on any atom is 0.256 e. The normalized spacial score (nSPS) is 14.9. The molecule has 2 aromatic carbocycles. The molecule has 0 atom stereocenters.